The van der Waals surface area contributed by atoms with Crippen LogP contribution in [0.4, 0.5) is 0 Å². The van der Waals surface area contributed by atoms with Crippen molar-refractivity contribution in [2.24, 2.45) is 0 Å². The summed E-state index contributed by atoms with van der Waals surface area (Å²) in [5.41, 5.74) is 1.68. The molecule has 0 amide bonds. The number of methoxy groups -OCH3 is 1. The normalized spacial score (nSPS) is 12.4. The zero-order valence-corrected chi connectivity index (χ0v) is 14.9. The number of ether oxygens (including phenoxy) is 1. The molecule has 126 valence electrons. The van der Waals surface area contributed by atoms with Crippen LogP contribution in [-0.2, 0) is 15.4 Å². The van der Waals surface area contributed by atoms with Crippen LogP contribution in [0.1, 0.15) is 30.8 Å². The highest BCUT2D eigenvalue weighted by Crippen LogP contribution is 2.25. The summed E-state index contributed by atoms with van der Waals surface area (Å²) < 4.78 is 32.9. The molecule has 23 heavy (non-hydrogen) atoms. The van der Waals surface area contributed by atoms with Crippen molar-refractivity contribution in [1.29, 1.82) is 0 Å². The van der Waals surface area contributed by atoms with E-state index in [1.54, 1.807) is 21.0 Å². The van der Waals surface area contributed by atoms with E-state index in [2.05, 4.69) is 14.9 Å². The van der Waals surface area contributed by atoms with E-state index < -0.39 is 10.0 Å². The van der Waals surface area contributed by atoms with Crippen LogP contribution in [0, 0.1) is 13.8 Å². The molecule has 1 aromatic carbocycles. The van der Waals surface area contributed by atoms with Crippen molar-refractivity contribution in [3.05, 3.63) is 41.2 Å². The molecule has 0 atom stereocenters. The van der Waals surface area contributed by atoms with Gasteiger partial charge in [0.25, 0.3) is 0 Å². The highest BCUT2D eigenvalue weighted by atomic mass is 32.2. The molecule has 0 radical (unpaired) electrons. The topological polar surface area (TPSA) is 84.1 Å². The van der Waals surface area contributed by atoms with Gasteiger partial charge >= 0.3 is 0 Å². The average Bonchev–Trinajstić information content (AvgIpc) is 2.85. The minimum atomic E-state index is -3.60. The number of nitrogens with zero attached hydrogens (tertiary/aromatic N) is 1. The Morgan fingerprint density at radius 2 is 1.83 bits per heavy atom. The minimum absolute atomic E-state index is 0.225. The van der Waals surface area contributed by atoms with Crippen molar-refractivity contribution in [2.75, 3.05) is 13.7 Å². The van der Waals surface area contributed by atoms with Crippen LogP contribution in [-0.4, -0.2) is 32.3 Å². The van der Waals surface area contributed by atoms with E-state index >= 15 is 0 Å². The molecule has 7 heteroatoms. The highest BCUT2D eigenvalue weighted by Gasteiger charge is 2.27. The van der Waals surface area contributed by atoms with Gasteiger partial charge in [-0.3, -0.25) is 5.10 Å². The van der Waals surface area contributed by atoms with Crippen molar-refractivity contribution in [2.45, 2.75) is 38.0 Å². The summed E-state index contributed by atoms with van der Waals surface area (Å²) in [6.07, 6.45) is 0. The van der Waals surface area contributed by atoms with Gasteiger partial charge in [-0.05, 0) is 31.5 Å². The van der Waals surface area contributed by atoms with Gasteiger partial charge in [0.05, 0.1) is 18.5 Å². The van der Waals surface area contributed by atoms with Crippen molar-refractivity contribution < 1.29 is 13.2 Å². The van der Waals surface area contributed by atoms with Gasteiger partial charge in [-0.2, -0.15) is 5.10 Å². The van der Waals surface area contributed by atoms with Gasteiger partial charge in [0.15, 0.2) is 0 Å². The van der Waals surface area contributed by atoms with Gasteiger partial charge in [-0.15, -0.1) is 0 Å². The lowest BCUT2D eigenvalue weighted by Crippen LogP contribution is -2.37. The van der Waals surface area contributed by atoms with Crippen molar-refractivity contribution in [3.63, 3.8) is 0 Å². The first kappa shape index (κ1) is 17.5. The lowest BCUT2D eigenvalue weighted by molar-refractivity contribution is 0.414. The summed E-state index contributed by atoms with van der Waals surface area (Å²) in [6.45, 7) is 7.64. The number of aromatic nitrogens is 2. The fourth-order valence-electron chi connectivity index (χ4n) is 2.43. The van der Waals surface area contributed by atoms with Gasteiger partial charge < -0.3 is 4.74 Å². The molecule has 0 fully saturated rings. The second-order valence-electron chi connectivity index (χ2n) is 6.20. The molecule has 0 spiro atoms. The van der Waals surface area contributed by atoms with Gasteiger partial charge in [0.2, 0.25) is 10.0 Å². The van der Waals surface area contributed by atoms with Crippen LogP contribution in [0.5, 0.6) is 5.75 Å². The molecule has 2 rings (SSSR count). The average molecular weight is 337 g/mol. The maximum atomic E-state index is 12.5. The number of benzene rings is 1. The number of sulfonamides is 1. The molecule has 0 bridgehead atoms. The highest BCUT2D eigenvalue weighted by molar-refractivity contribution is 7.89. The number of H-pyrrole nitrogens is 1. The maximum absolute atomic E-state index is 12.5. The van der Waals surface area contributed by atoms with Crippen LogP contribution in [0.2, 0.25) is 0 Å². The Balaban J connectivity index is 2.17. The summed E-state index contributed by atoms with van der Waals surface area (Å²) >= 11 is 0. The van der Waals surface area contributed by atoms with Crippen LogP contribution in [0.15, 0.2) is 29.2 Å². The third-order valence-electron chi connectivity index (χ3n) is 3.90. The zero-order chi connectivity index (χ0) is 17.3. The summed E-state index contributed by atoms with van der Waals surface area (Å²) in [6, 6.07) is 7.63. The molecule has 0 aliphatic rings. The summed E-state index contributed by atoms with van der Waals surface area (Å²) in [7, 11) is -1.99. The van der Waals surface area contributed by atoms with E-state index in [4.69, 9.17) is 4.74 Å². The van der Waals surface area contributed by atoms with Gasteiger partial charge in [-0.25, -0.2) is 13.1 Å². The number of hydrogen-bond donors (Lipinski definition) is 2. The summed E-state index contributed by atoms with van der Waals surface area (Å²) in [5.74, 6) is 0.773. The SMILES string of the molecule is COc1ccc(C(C)(C)CNS(=O)(=O)c2c(C)n[nH]c2C)cc1. The third-order valence-corrected chi connectivity index (χ3v) is 5.57. The number of rotatable bonds is 6. The van der Waals surface area contributed by atoms with Crippen LogP contribution in [0.25, 0.3) is 0 Å². The van der Waals surface area contributed by atoms with E-state index in [9.17, 15) is 8.42 Å². The Hall–Kier alpha value is -1.86. The van der Waals surface area contributed by atoms with Crippen molar-refractivity contribution in [3.8, 4) is 5.75 Å². The largest absolute Gasteiger partial charge is 0.497 e. The molecule has 0 aliphatic heterocycles. The van der Waals surface area contributed by atoms with Gasteiger partial charge in [0, 0.05) is 12.0 Å². The fourth-order valence-corrected chi connectivity index (χ4v) is 4.01. The van der Waals surface area contributed by atoms with Crippen LogP contribution >= 0.6 is 0 Å². The zero-order valence-electron chi connectivity index (χ0n) is 14.1. The lowest BCUT2D eigenvalue weighted by atomic mass is 9.85. The van der Waals surface area contributed by atoms with Crippen molar-refractivity contribution >= 4 is 10.0 Å². The molecule has 0 unspecified atom stereocenters. The molecule has 1 heterocycles. The van der Waals surface area contributed by atoms with Crippen LogP contribution < -0.4 is 9.46 Å². The Morgan fingerprint density at radius 1 is 1.22 bits per heavy atom. The van der Waals surface area contributed by atoms with E-state index in [1.165, 1.54) is 0 Å². The predicted octanol–water partition coefficient (Wildman–Crippen LogP) is 2.29. The first-order chi connectivity index (χ1) is 10.7. The first-order valence-corrected chi connectivity index (χ1v) is 8.81. The Labute approximate surface area is 137 Å². The molecule has 0 aliphatic carbocycles. The second kappa shape index (κ2) is 6.33. The first-order valence-electron chi connectivity index (χ1n) is 7.33. The molecule has 1 aromatic heterocycles. The standard InChI is InChI=1S/C16H23N3O3S/c1-11-15(12(2)19-18-11)23(20,21)17-10-16(3,4)13-6-8-14(22-5)9-7-13/h6-9,17H,10H2,1-5H3,(H,18,19). The number of aromatic amines is 1. The monoisotopic (exact) mass is 337 g/mol. The summed E-state index contributed by atoms with van der Waals surface area (Å²) in [5, 5.41) is 6.65. The summed E-state index contributed by atoms with van der Waals surface area (Å²) in [4.78, 5) is 0.225. The molecule has 6 nitrogen and oxygen atoms in total. The Morgan fingerprint density at radius 3 is 2.30 bits per heavy atom. The molecule has 2 N–H and O–H groups in total. The Kier molecular flexibility index (Phi) is 4.81. The smallest absolute Gasteiger partial charge is 0.244 e. The van der Waals surface area contributed by atoms with Crippen molar-refractivity contribution in [1.82, 2.24) is 14.9 Å². The Bertz CT molecular complexity index is 758. The molecular weight excluding hydrogens is 314 g/mol. The third kappa shape index (κ3) is 3.73. The van der Waals surface area contributed by atoms with E-state index in [0.717, 1.165) is 11.3 Å². The lowest BCUT2D eigenvalue weighted by Gasteiger charge is -2.25. The number of nitrogens with one attached hydrogen (secondary N) is 2. The maximum Gasteiger partial charge on any atom is 0.244 e. The molecule has 2 aromatic rings. The fraction of sp³-hybridized carbons (Fsp3) is 0.438. The van der Waals surface area contributed by atoms with E-state index in [0.29, 0.717) is 11.4 Å². The minimum Gasteiger partial charge on any atom is -0.497 e. The number of hydrogen-bond acceptors (Lipinski definition) is 4. The molecular formula is C16H23N3O3S. The van der Waals surface area contributed by atoms with Gasteiger partial charge in [-0.1, -0.05) is 26.0 Å². The molecule has 0 saturated heterocycles. The van der Waals surface area contributed by atoms with Gasteiger partial charge in [0.1, 0.15) is 10.6 Å². The van der Waals surface area contributed by atoms with Crippen LogP contribution in [0.3, 0.4) is 0 Å². The van der Waals surface area contributed by atoms with E-state index in [-0.39, 0.29) is 16.9 Å². The molecule has 0 saturated carbocycles. The second-order valence-corrected chi connectivity index (χ2v) is 7.90. The predicted molar refractivity (Wildman–Crippen MR) is 89.3 cm³/mol. The number of aryl methyl sites for hydroxylation is 2. The quantitative estimate of drug-likeness (QED) is 0.847. The van der Waals surface area contributed by atoms with E-state index in [1.807, 2.05) is 38.1 Å².